The molecule has 0 aromatic rings. The molecule has 2 N–H and O–H groups in total. The molecule has 0 unspecified atom stereocenters. The molecule has 0 saturated carbocycles. The molecule has 2 atom stereocenters. The molecular formula is C14H24N2O4. The fourth-order valence-corrected chi connectivity index (χ4v) is 3.20. The largest absolute Gasteiger partial charge is 0.480 e. The Morgan fingerprint density at radius 1 is 1.20 bits per heavy atom. The maximum Gasteiger partial charge on any atom is 0.326 e. The van der Waals surface area contributed by atoms with E-state index in [0.29, 0.717) is 24.9 Å². The predicted molar refractivity (Wildman–Crippen MR) is 73.3 cm³/mol. The van der Waals surface area contributed by atoms with E-state index in [-0.39, 0.29) is 19.0 Å². The number of rotatable bonds is 2. The summed E-state index contributed by atoms with van der Waals surface area (Å²) in [5.41, 5.74) is 0. The molecule has 2 aliphatic heterocycles. The number of carboxylic acid groups (broad SMARTS) is 1. The molecule has 6 heteroatoms. The van der Waals surface area contributed by atoms with Crippen molar-refractivity contribution in [2.75, 3.05) is 19.6 Å². The van der Waals surface area contributed by atoms with Crippen molar-refractivity contribution in [1.82, 2.24) is 9.80 Å². The second kappa shape index (κ2) is 5.99. The van der Waals surface area contributed by atoms with E-state index in [1.54, 1.807) is 4.90 Å². The van der Waals surface area contributed by atoms with Crippen LogP contribution in [0.2, 0.25) is 0 Å². The SMILES string of the molecule is CC(C)C1CCN(C(=O)N2C[C@H](O)C[C@@H]2C(=O)O)CC1. The first kappa shape index (κ1) is 15.1. The topological polar surface area (TPSA) is 81.1 Å². The summed E-state index contributed by atoms with van der Waals surface area (Å²) in [5.74, 6) is 0.220. The molecule has 2 heterocycles. The van der Waals surface area contributed by atoms with Gasteiger partial charge in [-0.15, -0.1) is 0 Å². The minimum Gasteiger partial charge on any atom is -0.480 e. The van der Waals surface area contributed by atoms with E-state index >= 15 is 0 Å². The minimum absolute atomic E-state index is 0.125. The van der Waals surface area contributed by atoms with Crippen molar-refractivity contribution in [3.63, 3.8) is 0 Å². The minimum atomic E-state index is -1.04. The van der Waals surface area contributed by atoms with Crippen LogP contribution < -0.4 is 0 Å². The third-order valence-electron chi connectivity index (χ3n) is 4.56. The lowest BCUT2D eigenvalue weighted by atomic mass is 9.87. The molecule has 0 bridgehead atoms. The summed E-state index contributed by atoms with van der Waals surface area (Å²) in [7, 11) is 0. The van der Waals surface area contributed by atoms with Gasteiger partial charge in [0.25, 0.3) is 0 Å². The standard InChI is InChI=1S/C14H24N2O4/c1-9(2)10-3-5-15(6-4-10)14(20)16-8-11(17)7-12(16)13(18)19/h9-12,17H,3-8H2,1-2H3,(H,18,19)/t11-,12-/m1/s1. The summed E-state index contributed by atoms with van der Waals surface area (Å²) in [6.45, 7) is 5.88. The smallest absolute Gasteiger partial charge is 0.326 e. The lowest BCUT2D eigenvalue weighted by Gasteiger charge is -2.36. The number of carboxylic acids is 1. The molecule has 2 amide bonds. The summed E-state index contributed by atoms with van der Waals surface area (Å²) < 4.78 is 0. The molecule has 2 rings (SSSR count). The number of hydrogen-bond donors (Lipinski definition) is 2. The van der Waals surface area contributed by atoms with Gasteiger partial charge in [0.05, 0.1) is 6.10 Å². The number of aliphatic carboxylic acids is 1. The number of amides is 2. The van der Waals surface area contributed by atoms with Gasteiger partial charge in [-0.25, -0.2) is 9.59 Å². The maximum absolute atomic E-state index is 12.4. The molecule has 0 spiro atoms. The fourth-order valence-electron chi connectivity index (χ4n) is 3.20. The number of carbonyl (C=O) groups excluding carboxylic acids is 1. The van der Waals surface area contributed by atoms with Gasteiger partial charge in [0.15, 0.2) is 0 Å². The molecule has 0 aliphatic carbocycles. The lowest BCUT2D eigenvalue weighted by molar-refractivity contribution is -0.141. The van der Waals surface area contributed by atoms with Crippen molar-refractivity contribution in [2.45, 2.75) is 45.3 Å². The van der Waals surface area contributed by atoms with Crippen molar-refractivity contribution in [1.29, 1.82) is 0 Å². The normalized spacial score (nSPS) is 28.2. The summed E-state index contributed by atoms with van der Waals surface area (Å²) in [6, 6.07) is -1.13. The monoisotopic (exact) mass is 284 g/mol. The highest BCUT2D eigenvalue weighted by molar-refractivity contribution is 5.83. The summed E-state index contributed by atoms with van der Waals surface area (Å²) in [4.78, 5) is 26.6. The van der Waals surface area contributed by atoms with Crippen LogP contribution in [-0.2, 0) is 4.79 Å². The number of carbonyl (C=O) groups is 2. The highest BCUT2D eigenvalue weighted by Crippen LogP contribution is 2.27. The molecule has 114 valence electrons. The van der Waals surface area contributed by atoms with E-state index in [1.165, 1.54) is 4.90 Å². The molecule has 0 aromatic carbocycles. The highest BCUT2D eigenvalue weighted by Gasteiger charge is 2.41. The number of aliphatic hydroxyl groups is 1. The zero-order chi connectivity index (χ0) is 14.9. The van der Waals surface area contributed by atoms with Gasteiger partial charge in [-0.3, -0.25) is 0 Å². The zero-order valence-corrected chi connectivity index (χ0v) is 12.2. The molecule has 2 fully saturated rings. The Morgan fingerprint density at radius 2 is 1.80 bits per heavy atom. The molecule has 6 nitrogen and oxygen atoms in total. The van der Waals surface area contributed by atoms with Crippen LogP contribution in [0.5, 0.6) is 0 Å². The van der Waals surface area contributed by atoms with Crippen molar-refractivity contribution < 1.29 is 19.8 Å². The zero-order valence-electron chi connectivity index (χ0n) is 12.2. The van der Waals surface area contributed by atoms with Crippen LogP contribution in [0, 0.1) is 11.8 Å². The first-order valence-corrected chi connectivity index (χ1v) is 7.36. The van der Waals surface area contributed by atoms with Gasteiger partial charge in [-0.2, -0.15) is 0 Å². The maximum atomic E-state index is 12.4. The second-order valence-corrected chi connectivity index (χ2v) is 6.25. The molecule has 20 heavy (non-hydrogen) atoms. The summed E-state index contributed by atoms with van der Waals surface area (Å²) in [6.07, 6.45) is 1.34. The van der Waals surface area contributed by atoms with Crippen LogP contribution in [0.4, 0.5) is 4.79 Å². The Labute approximate surface area is 119 Å². The number of aliphatic hydroxyl groups excluding tert-OH is 1. The Morgan fingerprint density at radius 3 is 2.30 bits per heavy atom. The van der Waals surface area contributed by atoms with E-state index in [0.717, 1.165) is 12.8 Å². The van der Waals surface area contributed by atoms with Gasteiger partial charge >= 0.3 is 12.0 Å². The Balaban J connectivity index is 1.96. The third kappa shape index (κ3) is 3.06. The van der Waals surface area contributed by atoms with Crippen LogP contribution in [0.1, 0.15) is 33.1 Å². The van der Waals surface area contributed by atoms with Gasteiger partial charge in [-0.05, 0) is 24.7 Å². The van der Waals surface area contributed by atoms with Crippen LogP contribution in [0.15, 0.2) is 0 Å². The van der Waals surface area contributed by atoms with Crippen molar-refractivity contribution >= 4 is 12.0 Å². The number of β-amino-alcohol motifs (C(OH)–C–C–N with tert-alkyl or cyclic N) is 1. The molecule has 2 saturated heterocycles. The van der Waals surface area contributed by atoms with E-state index in [9.17, 15) is 14.7 Å². The number of urea groups is 1. The van der Waals surface area contributed by atoms with Gasteiger partial charge in [-0.1, -0.05) is 13.8 Å². The molecule has 0 radical (unpaired) electrons. The van der Waals surface area contributed by atoms with E-state index in [2.05, 4.69) is 13.8 Å². The first-order valence-electron chi connectivity index (χ1n) is 7.36. The number of nitrogens with zero attached hydrogens (tertiary/aromatic N) is 2. The van der Waals surface area contributed by atoms with Crippen LogP contribution in [0.3, 0.4) is 0 Å². The average Bonchev–Trinajstić information content (AvgIpc) is 2.80. The third-order valence-corrected chi connectivity index (χ3v) is 4.56. The molecular weight excluding hydrogens is 260 g/mol. The number of likely N-dealkylation sites (tertiary alicyclic amines) is 2. The Bertz CT molecular complexity index is 377. The Kier molecular flexibility index (Phi) is 4.52. The van der Waals surface area contributed by atoms with E-state index in [4.69, 9.17) is 5.11 Å². The highest BCUT2D eigenvalue weighted by atomic mass is 16.4. The summed E-state index contributed by atoms with van der Waals surface area (Å²) >= 11 is 0. The van der Waals surface area contributed by atoms with E-state index in [1.807, 2.05) is 0 Å². The van der Waals surface area contributed by atoms with Gasteiger partial charge < -0.3 is 20.0 Å². The van der Waals surface area contributed by atoms with Crippen LogP contribution in [-0.4, -0.2) is 63.8 Å². The number of hydrogen-bond acceptors (Lipinski definition) is 3. The molecule has 2 aliphatic rings. The molecule has 0 aromatic heterocycles. The number of piperidine rings is 1. The van der Waals surface area contributed by atoms with Gasteiger partial charge in [0.2, 0.25) is 0 Å². The lowest BCUT2D eigenvalue weighted by Crippen LogP contribution is -2.50. The predicted octanol–water partition coefficient (Wildman–Crippen LogP) is 0.994. The van der Waals surface area contributed by atoms with Gasteiger partial charge in [0.1, 0.15) is 6.04 Å². The second-order valence-electron chi connectivity index (χ2n) is 6.25. The average molecular weight is 284 g/mol. The van der Waals surface area contributed by atoms with Crippen molar-refractivity contribution in [3.05, 3.63) is 0 Å². The fraction of sp³-hybridized carbons (Fsp3) is 0.857. The Hall–Kier alpha value is -1.30. The van der Waals surface area contributed by atoms with Gasteiger partial charge in [0, 0.05) is 26.1 Å². The van der Waals surface area contributed by atoms with E-state index < -0.39 is 18.1 Å². The van der Waals surface area contributed by atoms with Crippen LogP contribution >= 0.6 is 0 Å². The quantitative estimate of drug-likeness (QED) is 0.792. The van der Waals surface area contributed by atoms with Crippen molar-refractivity contribution in [3.8, 4) is 0 Å². The van der Waals surface area contributed by atoms with Crippen molar-refractivity contribution in [2.24, 2.45) is 11.8 Å². The first-order chi connectivity index (χ1) is 9.40. The summed E-state index contributed by atoms with van der Waals surface area (Å²) in [5, 5.41) is 18.7. The van der Waals surface area contributed by atoms with Crippen LogP contribution in [0.25, 0.3) is 0 Å².